The van der Waals surface area contributed by atoms with Crippen LogP contribution in [0.3, 0.4) is 0 Å². The van der Waals surface area contributed by atoms with Crippen molar-refractivity contribution in [2.45, 2.75) is 26.2 Å². The van der Waals surface area contributed by atoms with E-state index in [9.17, 15) is 4.79 Å². The van der Waals surface area contributed by atoms with Crippen molar-refractivity contribution in [1.82, 2.24) is 15.3 Å². The smallest absolute Gasteiger partial charge is 0.271 e. The molecule has 5 heteroatoms. The maximum Gasteiger partial charge on any atom is 0.271 e. The van der Waals surface area contributed by atoms with Crippen LogP contribution < -0.4 is 10.6 Å². The number of aromatic nitrogens is 2. The second kappa shape index (κ2) is 4.69. The van der Waals surface area contributed by atoms with Gasteiger partial charge in [-0.25, -0.2) is 9.97 Å². The number of hydrogen-bond acceptors (Lipinski definition) is 4. The molecule has 1 fully saturated rings. The maximum atomic E-state index is 11.8. The fourth-order valence-electron chi connectivity index (χ4n) is 1.92. The number of carbonyl (C=O) groups is 1. The Kier molecular flexibility index (Phi) is 3.26. The van der Waals surface area contributed by atoms with Crippen LogP contribution in [0, 0.1) is 5.41 Å². The molecule has 1 aliphatic rings. The summed E-state index contributed by atoms with van der Waals surface area (Å²) in [5.41, 5.74) is 0.653. The number of nitrogens with zero attached hydrogens (tertiary/aromatic N) is 2. The van der Waals surface area contributed by atoms with Crippen molar-refractivity contribution in [2.75, 3.05) is 18.9 Å². The highest BCUT2D eigenvalue weighted by Crippen LogP contribution is 2.39. The first kappa shape index (κ1) is 11.8. The zero-order chi connectivity index (χ0) is 12.3. The minimum atomic E-state index is -0.145. The average molecular weight is 234 g/mol. The summed E-state index contributed by atoms with van der Waals surface area (Å²) >= 11 is 0. The van der Waals surface area contributed by atoms with Gasteiger partial charge in [0.05, 0.1) is 12.4 Å². The molecule has 1 heterocycles. The summed E-state index contributed by atoms with van der Waals surface area (Å²) in [6.07, 6.45) is 6.70. The van der Waals surface area contributed by atoms with Gasteiger partial charge in [0.25, 0.3) is 5.91 Å². The molecule has 0 unspecified atom stereocenters. The third-order valence-corrected chi connectivity index (χ3v) is 3.38. The van der Waals surface area contributed by atoms with E-state index in [1.165, 1.54) is 25.5 Å². The van der Waals surface area contributed by atoms with Gasteiger partial charge >= 0.3 is 0 Å². The Bertz CT molecular complexity index is 397. The molecule has 5 nitrogen and oxygen atoms in total. The van der Waals surface area contributed by atoms with Crippen LogP contribution >= 0.6 is 0 Å². The van der Waals surface area contributed by atoms with Crippen molar-refractivity contribution in [1.29, 1.82) is 0 Å². The molecule has 0 aliphatic heterocycles. The van der Waals surface area contributed by atoms with Crippen molar-refractivity contribution < 1.29 is 4.79 Å². The first-order valence-corrected chi connectivity index (χ1v) is 5.91. The van der Waals surface area contributed by atoms with E-state index in [0.717, 1.165) is 6.54 Å². The lowest BCUT2D eigenvalue weighted by Gasteiger charge is -2.38. The Labute approximate surface area is 101 Å². The van der Waals surface area contributed by atoms with E-state index in [0.29, 0.717) is 11.5 Å². The van der Waals surface area contributed by atoms with E-state index in [4.69, 9.17) is 0 Å². The second-order valence-electron chi connectivity index (χ2n) is 4.88. The SMILES string of the molecule is CNc1cnc(C(=O)NCC2(C)CCC2)cn1. The standard InChI is InChI=1S/C12H18N4O/c1-12(4-3-5-12)8-16-11(17)9-6-15-10(13-2)7-14-9/h6-7H,3-5,8H2,1-2H3,(H,13,15)(H,16,17). The Morgan fingerprint density at radius 1 is 1.41 bits per heavy atom. The van der Waals surface area contributed by atoms with E-state index < -0.39 is 0 Å². The fourth-order valence-corrected chi connectivity index (χ4v) is 1.92. The monoisotopic (exact) mass is 234 g/mol. The van der Waals surface area contributed by atoms with E-state index in [1.807, 2.05) is 0 Å². The highest BCUT2D eigenvalue weighted by atomic mass is 16.1. The number of rotatable bonds is 4. The van der Waals surface area contributed by atoms with Crippen molar-refractivity contribution in [2.24, 2.45) is 5.41 Å². The van der Waals surface area contributed by atoms with Crippen LogP contribution in [0.25, 0.3) is 0 Å². The van der Waals surface area contributed by atoms with E-state index in [2.05, 4.69) is 27.5 Å². The molecule has 0 aromatic carbocycles. The summed E-state index contributed by atoms with van der Waals surface area (Å²) in [5.74, 6) is 0.515. The summed E-state index contributed by atoms with van der Waals surface area (Å²) in [6.45, 7) is 2.92. The van der Waals surface area contributed by atoms with Crippen LogP contribution in [0.5, 0.6) is 0 Å². The van der Waals surface area contributed by atoms with Crippen LogP contribution in [0.1, 0.15) is 36.7 Å². The molecular weight excluding hydrogens is 216 g/mol. The van der Waals surface area contributed by atoms with Gasteiger partial charge in [-0.05, 0) is 18.3 Å². The third-order valence-electron chi connectivity index (χ3n) is 3.38. The van der Waals surface area contributed by atoms with Gasteiger partial charge in [-0.15, -0.1) is 0 Å². The molecule has 1 aliphatic carbocycles. The molecule has 0 saturated heterocycles. The number of hydrogen-bond donors (Lipinski definition) is 2. The number of anilines is 1. The first-order chi connectivity index (χ1) is 8.13. The molecule has 1 aromatic heterocycles. The quantitative estimate of drug-likeness (QED) is 0.827. The molecule has 17 heavy (non-hydrogen) atoms. The Balaban J connectivity index is 1.90. The Morgan fingerprint density at radius 3 is 2.65 bits per heavy atom. The normalized spacial score (nSPS) is 17.1. The fraction of sp³-hybridized carbons (Fsp3) is 0.583. The molecule has 0 radical (unpaired) electrons. The van der Waals surface area contributed by atoms with Crippen molar-refractivity contribution >= 4 is 11.7 Å². The first-order valence-electron chi connectivity index (χ1n) is 5.91. The maximum absolute atomic E-state index is 11.8. The summed E-state index contributed by atoms with van der Waals surface area (Å²) in [7, 11) is 1.77. The minimum Gasteiger partial charge on any atom is -0.372 e. The average Bonchev–Trinajstić information content (AvgIpc) is 2.33. The molecule has 1 amide bonds. The number of amides is 1. The largest absolute Gasteiger partial charge is 0.372 e. The van der Waals surface area contributed by atoms with E-state index in [-0.39, 0.29) is 11.3 Å². The van der Waals surface area contributed by atoms with Crippen molar-refractivity contribution in [3.63, 3.8) is 0 Å². The van der Waals surface area contributed by atoms with Crippen LogP contribution in [0.4, 0.5) is 5.82 Å². The highest BCUT2D eigenvalue weighted by molar-refractivity contribution is 5.92. The van der Waals surface area contributed by atoms with Gasteiger partial charge in [-0.3, -0.25) is 4.79 Å². The minimum absolute atomic E-state index is 0.145. The molecule has 1 aromatic rings. The lowest BCUT2D eigenvalue weighted by molar-refractivity contribution is 0.0885. The Morgan fingerprint density at radius 2 is 2.18 bits per heavy atom. The van der Waals surface area contributed by atoms with Gasteiger partial charge in [0.1, 0.15) is 11.5 Å². The predicted molar refractivity (Wildman–Crippen MR) is 65.9 cm³/mol. The molecule has 0 atom stereocenters. The zero-order valence-electron chi connectivity index (χ0n) is 10.3. The highest BCUT2D eigenvalue weighted by Gasteiger charge is 2.32. The molecule has 0 bridgehead atoms. The molecule has 0 spiro atoms. The number of carbonyl (C=O) groups excluding carboxylic acids is 1. The molecule has 92 valence electrons. The van der Waals surface area contributed by atoms with Crippen molar-refractivity contribution in [3.05, 3.63) is 18.1 Å². The van der Waals surface area contributed by atoms with Crippen molar-refractivity contribution in [3.8, 4) is 0 Å². The Hall–Kier alpha value is -1.65. The van der Waals surface area contributed by atoms with Crippen LogP contribution in [-0.2, 0) is 0 Å². The third kappa shape index (κ3) is 2.72. The predicted octanol–water partition coefficient (Wildman–Crippen LogP) is 1.44. The molecule has 2 rings (SSSR count). The molecule has 1 saturated carbocycles. The van der Waals surface area contributed by atoms with Crippen LogP contribution in [-0.4, -0.2) is 29.5 Å². The summed E-state index contributed by atoms with van der Waals surface area (Å²) < 4.78 is 0. The van der Waals surface area contributed by atoms with Gasteiger partial charge in [0.15, 0.2) is 0 Å². The van der Waals surface area contributed by atoms with Gasteiger partial charge in [-0.2, -0.15) is 0 Å². The van der Waals surface area contributed by atoms with E-state index >= 15 is 0 Å². The lowest BCUT2D eigenvalue weighted by Crippen LogP contribution is -2.40. The summed E-state index contributed by atoms with van der Waals surface area (Å²) in [5, 5.41) is 5.78. The lowest BCUT2D eigenvalue weighted by atomic mass is 9.70. The topological polar surface area (TPSA) is 66.9 Å². The van der Waals surface area contributed by atoms with Gasteiger partial charge in [0.2, 0.25) is 0 Å². The second-order valence-corrected chi connectivity index (χ2v) is 4.88. The van der Waals surface area contributed by atoms with Crippen LogP contribution in [0.15, 0.2) is 12.4 Å². The summed E-state index contributed by atoms with van der Waals surface area (Å²) in [4.78, 5) is 19.9. The van der Waals surface area contributed by atoms with E-state index in [1.54, 1.807) is 13.2 Å². The van der Waals surface area contributed by atoms with Crippen LogP contribution in [0.2, 0.25) is 0 Å². The van der Waals surface area contributed by atoms with Gasteiger partial charge in [0, 0.05) is 13.6 Å². The van der Waals surface area contributed by atoms with Gasteiger partial charge < -0.3 is 10.6 Å². The molecule has 2 N–H and O–H groups in total. The zero-order valence-corrected chi connectivity index (χ0v) is 10.3. The number of nitrogens with one attached hydrogen (secondary N) is 2. The summed E-state index contributed by atoms with van der Waals surface area (Å²) in [6, 6.07) is 0. The van der Waals surface area contributed by atoms with Gasteiger partial charge in [-0.1, -0.05) is 13.3 Å². The molecular formula is C12H18N4O.